The molecule has 2 heteroatoms. The minimum Gasteiger partial charge on any atom is -0.422 e. The van der Waals surface area contributed by atoms with E-state index in [9.17, 15) is 4.79 Å². The predicted molar refractivity (Wildman–Crippen MR) is 91.6 cm³/mol. The summed E-state index contributed by atoms with van der Waals surface area (Å²) in [5, 5.41) is 4.82. The predicted octanol–water partition coefficient (Wildman–Crippen LogP) is 4.97. The smallest absolute Gasteiger partial charge is 0.344 e. The van der Waals surface area contributed by atoms with Gasteiger partial charge in [-0.25, -0.2) is 4.79 Å². The molecule has 0 aliphatic rings. The summed E-state index contributed by atoms with van der Waals surface area (Å²) in [5.41, 5.74) is 2.76. The highest BCUT2D eigenvalue weighted by atomic mass is 16.4. The van der Waals surface area contributed by atoms with E-state index >= 15 is 0 Å². The Kier molecular flexibility index (Phi) is 2.80. The van der Waals surface area contributed by atoms with Crippen molar-refractivity contribution in [3.05, 3.63) is 70.1 Å². The second kappa shape index (κ2) is 4.70. The normalized spacial score (nSPS) is 11.5. The number of benzene rings is 3. The maximum absolute atomic E-state index is 12.4. The Hall–Kier alpha value is -2.61. The number of rotatable bonds is 1. The number of hydrogen-bond acceptors (Lipinski definition) is 2. The number of fused-ring (bicyclic) bond motifs is 4. The maximum Gasteiger partial charge on any atom is 0.344 e. The molecule has 4 rings (SSSR count). The standard InChI is InChI=1S/C20H16O2/c1-3-13-5-7-16-17-10-14-6-4-12(2)8-15(14)11-18(17)20(21)22-19(16)9-13/h4-11H,3H2,1-2H3. The largest absolute Gasteiger partial charge is 0.422 e. The summed E-state index contributed by atoms with van der Waals surface area (Å²) in [5.74, 6) is 0. The molecule has 108 valence electrons. The van der Waals surface area contributed by atoms with Crippen LogP contribution in [0.1, 0.15) is 18.1 Å². The highest BCUT2D eigenvalue weighted by Crippen LogP contribution is 2.28. The quantitative estimate of drug-likeness (QED) is 0.281. The average molecular weight is 288 g/mol. The molecular weight excluding hydrogens is 272 g/mol. The fourth-order valence-corrected chi connectivity index (χ4v) is 3.06. The first-order valence-corrected chi connectivity index (χ1v) is 7.55. The topological polar surface area (TPSA) is 30.2 Å². The van der Waals surface area contributed by atoms with E-state index in [1.54, 1.807) is 0 Å². The van der Waals surface area contributed by atoms with E-state index in [0.717, 1.165) is 28.0 Å². The fourth-order valence-electron chi connectivity index (χ4n) is 3.06. The zero-order valence-corrected chi connectivity index (χ0v) is 12.6. The molecule has 0 aliphatic heterocycles. The van der Waals surface area contributed by atoms with Gasteiger partial charge >= 0.3 is 5.63 Å². The van der Waals surface area contributed by atoms with Crippen LogP contribution in [0, 0.1) is 6.92 Å². The van der Waals surface area contributed by atoms with Crippen LogP contribution in [-0.2, 0) is 6.42 Å². The molecule has 0 unspecified atom stereocenters. The van der Waals surface area contributed by atoms with E-state index in [1.807, 2.05) is 12.1 Å². The lowest BCUT2D eigenvalue weighted by molar-refractivity contribution is 0.569. The minimum atomic E-state index is -0.265. The van der Waals surface area contributed by atoms with E-state index in [0.29, 0.717) is 11.0 Å². The summed E-state index contributed by atoms with van der Waals surface area (Å²) in [6.07, 6.45) is 0.925. The van der Waals surface area contributed by atoms with Crippen molar-refractivity contribution >= 4 is 32.5 Å². The highest BCUT2D eigenvalue weighted by Gasteiger charge is 2.09. The van der Waals surface area contributed by atoms with Crippen molar-refractivity contribution in [1.29, 1.82) is 0 Å². The van der Waals surface area contributed by atoms with Crippen molar-refractivity contribution in [3.8, 4) is 0 Å². The summed E-state index contributed by atoms with van der Waals surface area (Å²) < 4.78 is 5.54. The minimum absolute atomic E-state index is 0.265. The molecule has 0 aliphatic carbocycles. The first-order chi connectivity index (χ1) is 10.7. The van der Waals surface area contributed by atoms with Crippen LogP contribution in [-0.4, -0.2) is 0 Å². The second-order valence-electron chi connectivity index (χ2n) is 5.82. The van der Waals surface area contributed by atoms with Crippen LogP contribution >= 0.6 is 0 Å². The monoisotopic (exact) mass is 288 g/mol. The summed E-state index contributed by atoms with van der Waals surface area (Å²) in [4.78, 5) is 12.4. The van der Waals surface area contributed by atoms with E-state index in [-0.39, 0.29) is 5.63 Å². The molecule has 3 aromatic carbocycles. The third kappa shape index (κ3) is 1.92. The molecule has 22 heavy (non-hydrogen) atoms. The van der Waals surface area contributed by atoms with E-state index < -0.39 is 0 Å². The average Bonchev–Trinajstić information content (AvgIpc) is 2.53. The van der Waals surface area contributed by atoms with Crippen molar-refractivity contribution in [1.82, 2.24) is 0 Å². The van der Waals surface area contributed by atoms with E-state index in [2.05, 4.69) is 50.2 Å². The van der Waals surface area contributed by atoms with Crippen molar-refractivity contribution in [3.63, 3.8) is 0 Å². The molecular formula is C20H16O2. The van der Waals surface area contributed by atoms with Crippen LogP contribution in [0.4, 0.5) is 0 Å². The SMILES string of the molecule is CCc1ccc2c(c1)oc(=O)c1cc3cc(C)ccc3cc12. The van der Waals surface area contributed by atoms with Crippen molar-refractivity contribution in [2.45, 2.75) is 20.3 Å². The third-order valence-electron chi connectivity index (χ3n) is 4.30. The zero-order chi connectivity index (χ0) is 15.3. The summed E-state index contributed by atoms with van der Waals surface area (Å²) in [6.45, 7) is 4.15. The van der Waals surface area contributed by atoms with E-state index in [1.165, 1.54) is 11.1 Å². The summed E-state index contributed by atoms with van der Waals surface area (Å²) in [6, 6.07) is 16.4. The molecule has 0 saturated heterocycles. The molecule has 0 atom stereocenters. The Bertz CT molecular complexity index is 1090. The molecule has 0 bridgehead atoms. The molecule has 4 aromatic rings. The lowest BCUT2D eigenvalue weighted by Crippen LogP contribution is -2.00. The van der Waals surface area contributed by atoms with Gasteiger partial charge in [0.15, 0.2) is 0 Å². The molecule has 0 spiro atoms. The van der Waals surface area contributed by atoms with Gasteiger partial charge in [0.2, 0.25) is 0 Å². The van der Waals surface area contributed by atoms with Gasteiger partial charge in [-0.2, -0.15) is 0 Å². The summed E-state index contributed by atoms with van der Waals surface area (Å²) >= 11 is 0. The second-order valence-corrected chi connectivity index (χ2v) is 5.82. The molecule has 0 fully saturated rings. The van der Waals surface area contributed by atoms with Gasteiger partial charge in [0, 0.05) is 10.8 Å². The van der Waals surface area contributed by atoms with Gasteiger partial charge in [-0.15, -0.1) is 0 Å². The molecule has 0 saturated carbocycles. The van der Waals surface area contributed by atoms with Crippen molar-refractivity contribution in [2.75, 3.05) is 0 Å². The molecule has 1 heterocycles. The Morgan fingerprint density at radius 2 is 1.68 bits per heavy atom. The Balaban J connectivity index is 2.19. The van der Waals surface area contributed by atoms with Crippen molar-refractivity contribution in [2.24, 2.45) is 0 Å². The van der Waals surface area contributed by atoms with Crippen LogP contribution in [0.5, 0.6) is 0 Å². The van der Waals surface area contributed by atoms with Gasteiger partial charge in [0.05, 0.1) is 5.39 Å². The van der Waals surface area contributed by atoms with Gasteiger partial charge in [-0.05, 0) is 47.9 Å². The Morgan fingerprint density at radius 3 is 2.50 bits per heavy atom. The van der Waals surface area contributed by atoms with Crippen LogP contribution in [0.3, 0.4) is 0 Å². The first kappa shape index (κ1) is 13.1. The summed E-state index contributed by atoms with van der Waals surface area (Å²) in [7, 11) is 0. The highest BCUT2D eigenvalue weighted by molar-refractivity contribution is 6.09. The molecule has 0 radical (unpaired) electrons. The maximum atomic E-state index is 12.4. The molecule has 0 N–H and O–H groups in total. The lowest BCUT2D eigenvalue weighted by Gasteiger charge is -2.07. The van der Waals surface area contributed by atoms with Gasteiger partial charge in [-0.1, -0.05) is 42.8 Å². The van der Waals surface area contributed by atoms with Gasteiger partial charge in [0.1, 0.15) is 5.58 Å². The fraction of sp³-hybridized carbons (Fsp3) is 0.150. The zero-order valence-electron chi connectivity index (χ0n) is 12.6. The van der Waals surface area contributed by atoms with Gasteiger partial charge < -0.3 is 4.42 Å². The van der Waals surface area contributed by atoms with Crippen LogP contribution < -0.4 is 5.63 Å². The first-order valence-electron chi connectivity index (χ1n) is 7.55. The number of aryl methyl sites for hydroxylation is 2. The van der Waals surface area contributed by atoms with Gasteiger partial charge in [0.25, 0.3) is 0 Å². The third-order valence-corrected chi connectivity index (χ3v) is 4.30. The van der Waals surface area contributed by atoms with Gasteiger partial charge in [-0.3, -0.25) is 0 Å². The Labute approximate surface area is 128 Å². The molecule has 1 aromatic heterocycles. The van der Waals surface area contributed by atoms with Crippen LogP contribution in [0.2, 0.25) is 0 Å². The Morgan fingerprint density at radius 1 is 0.864 bits per heavy atom. The van der Waals surface area contributed by atoms with Crippen LogP contribution in [0.25, 0.3) is 32.5 Å². The number of hydrogen-bond donors (Lipinski definition) is 0. The molecule has 0 amide bonds. The lowest BCUT2D eigenvalue weighted by atomic mass is 10.00. The van der Waals surface area contributed by atoms with Crippen molar-refractivity contribution < 1.29 is 4.42 Å². The molecule has 2 nitrogen and oxygen atoms in total. The van der Waals surface area contributed by atoms with E-state index in [4.69, 9.17) is 4.42 Å². The van der Waals surface area contributed by atoms with Crippen LogP contribution in [0.15, 0.2) is 57.7 Å².